The minimum Gasteiger partial charge on any atom is -0.494 e. The van der Waals surface area contributed by atoms with Crippen molar-refractivity contribution in [3.05, 3.63) is 35.7 Å². The Labute approximate surface area is 138 Å². The van der Waals surface area contributed by atoms with Gasteiger partial charge in [0, 0.05) is 12.2 Å². The number of thioether (sulfide) groups is 1. The van der Waals surface area contributed by atoms with Gasteiger partial charge in [-0.3, -0.25) is 0 Å². The first kappa shape index (κ1) is 16.0. The minimum atomic E-state index is 0. The molecule has 21 heavy (non-hydrogen) atoms. The molecule has 1 aromatic heterocycles. The van der Waals surface area contributed by atoms with Crippen LogP contribution in [0.2, 0.25) is 0 Å². The fourth-order valence-electron chi connectivity index (χ4n) is 2.04. The van der Waals surface area contributed by atoms with Crippen molar-refractivity contribution >= 4 is 34.5 Å². The summed E-state index contributed by atoms with van der Waals surface area (Å²) < 4.78 is 7.31. The molecule has 0 atom stereocenters. The van der Waals surface area contributed by atoms with Gasteiger partial charge >= 0.3 is 0 Å². The standard InChI is InChI=1S/C14H16N4OS.BrH/c1-3-13-15-16-14-18(13)17-12(9-20-14)10-5-7-11(8-6-10)19-4-2;/h5-8H,3-4,9H2,1-2H3;1H. The maximum atomic E-state index is 5.46. The quantitative estimate of drug-likeness (QED) is 0.831. The molecule has 0 saturated heterocycles. The molecule has 0 bridgehead atoms. The second kappa shape index (κ2) is 7.09. The number of fused-ring (bicyclic) bond motifs is 1. The number of aromatic nitrogens is 3. The van der Waals surface area contributed by atoms with Crippen molar-refractivity contribution in [3.63, 3.8) is 0 Å². The molecule has 0 unspecified atom stereocenters. The van der Waals surface area contributed by atoms with Crippen LogP contribution in [0.4, 0.5) is 0 Å². The normalized spacial score (nSPS) is 13.1. The molecule has 2 heterocycles. The van der Waals surface area contributed by atoms with Crippen LogP contribution in [0.3, 0.4) is 0 Å². The van der Waals surface area contributed by atoms with E-state index in [1.54, 1.807) is 11.8 Å². The van der Waals surface area contributed by atoms with Gasteiger partial charge in [0.05, 0.1) is 12.3 Å². The van der Waals surface area contributed by atoms with E-state index in [1.165, 1.54) is 0 Å². The Balaban J connectivity index is 0.00000161. The highest BCUT2D eigenvalue weighted by Crippen LogP contribution is 2.24. The van der Waals surface area contributed by atoms with Crippen LogP contribution in [0.15, 0.2) is 34.5 Å². The Bertz CT molecular complexity index is 639. The molecule has 7 heteroatoms. The Morgan fingerprint density at radius 3 is 2.62 bits per heavy atom. The third kappa shape index (κ3) is 3.29. The van der Waals surface area contributed by atoms with Crippen molar-refractivity contribution in [2.45, 2.75) is 25.4 Å². The Morgan fingerprint density at radius 1 is 1.19 bits per heavy atom. The van der Waals surface area contributed by atoms with Crippen molar-refractivity contribution in [1.82, 2.24) is 14.9 Å². The van der Waals surface area contributed by atoms with Crippen LogP contribution in [0, 0.1) is 0 Å². The molecule has 0 aliphatic carbocycles. The fraction of sp³-hybridized carbons (Fsp3) is 0.357. The van der Waals surface area contributed by atoms with E-state index in [9.17, 15) is 0 Å². The lowest BCUT2D eigenvalue weighted by Crippen LogP contribution is -2.14. The number of ether oxygens (including phenoxy) is 1. The van der Waals surface area contributed by atoms with Crippen molar-refractivity contribution in [1.29, 1.82) is 0 Å². The molecule has 0 amide bonds. The second-order valence-corrected chi connectivity index (χ2v) is 5.30. The topological polar surface area (TPSA) is 52.3 Å². The molecule has 1 aromatic carbocycles. The third-order valence-electron chi connectivity index (χ3n) is 3.05. The SMILES string of the molecule is Br.CCOc1ccc(C2=Nn3c(CC)nnc3SC2)cc1. The van der Waals surface area contributed by atoms with E-state index < -0.39 is 0 Å². The van der Waals surface area contributed by atoms with Gasteiger partial charge in [0.15, 0.2) is 5.82 Å². The molecule has 0 fully saturated rings. The number of rotatable bonds is 4. The van der Waals surface area contributed by atoms with E-state index in [2.05, 4.69) is 22.2 Å². The van der Waals surface area contributed by atoms with Gasteiger partial charge in [-0.15, -0.1) is 27.2 Å². The summed E-state index contributed by atoms with van der Waals surface area (Å²) in [5.41, 5.74) is 2.16. The van der Waals surface area contributed by atoms with E-state index in [0.29, 0.717) is 6.61 Å². The molecule has 0 spiro atoms. The number of hydrogen-bond donors (Lipinski definition) is 0. The van der Waals surface area contributed by atoms with Crippen LogP contribution in [-0.4, -0.2) is 32.9 Å². The predicted molar refractivity (Wildman–Crippen MR) is 90.0 cm³/mol. The number of hydrogen-bond acceptors (Lipinski definition) is 5. The first-order valence-electron chi connectivity index (χ1n) is 6.70. The third-order valence-corrected chi connectivity index (χ3v) is 3.98. The van der Waals surface area contributed by atoms with Gasteiger partial charge in [-0.05, 0) is 36.8 Å². The van der Waals surface area contributed by atoms with Crippen molar-refractivity contribution in [3.8, 4) is 5.75 Å². The van der Waals surface area contributed by atoms with Crippen molar-refractivity contribution < 1.29 is 4.74 Å². The van der Waals surface area contributed by atoms with Gasteiger partial charge in [-0.1, -0.05) is 18.7 Å². The molecular weight excluding hydrogens is 352 g/mol. The molecule has 5 nitrogen and oxygen atoms in total. The molecule has 3 rings (SSSR count). The van der Waals surface area contributed by atoms with Crippen molar-refractivity contribution in [2.24, 2.45) is 5.10 Å². The highest BCUT2D eigenvalue weighted by atomic mass is 79.9. The molecule has 112 valence electrons. The van der Waals surface area contributed by atoms with E-state index >= 15 is 0 Å². The Morgan fingerprint density at radius 2 is 1.95 bits per heavy atom. The summed E-state index contributed by atoms with van der Waals surface area (Å²) in [6, 6.07) is 8.06. The van der Waals surface area contributed by atoms with E-state index in [1.807, 2.05) is 35.9 Å². The summed E-state index contributed by atoms with van der Waals surface area (Å²) in [7, 11) is 0. The monoisotopic (exact) mass is 368 g/mol. The number of benzene rings is 1. The van der Waals surface area contributed by atoms with Crippen LogP contribution >= 0.6 is 28.7 Å². The summed E-state index contributed by atoms with van der Waals surface area (Å²) in [6.07, 6.45) is 0.827. The lowest BCUT2D eigenvalue weighted by Gasteiger charge is -2.14. The highest BCUT2D eigenvalue weighted by Gasteiger charge is 2.18. The number of aryl methyl sites for hydroxylation is 1. The van der Waals surface area contributed by atoms with Crippen molar-refractivity contribution in [2.75, 3.05) is 12.4 Å². The van der Waals surface area contributed by atoms with Crippen LogP contribution in [0.1, 0.15) is 25.2 Å². The van der Waals surface area contributed by atoms with Gasteiger partial charge in [-0.25, -0.2) is 0 Å². The lowest BCUT2D eigenvalue weighted by atomic mass is 10.1. The smallest absolute Gasteiger partial charge is 0.212 e. The lowest BCUT2D eigenvalue weighted by molar-refractivity contribution is 0.340. The summed E-state index contributed by atoms with van der Waals surface area (Å²) in [5.74, 6) is 2.60. The van der Waals surface area contributed by atoms with Crippen LogP contribution in [-0.2, 0) is 6.42 Å². The number of nitrogens with zero attached hydrogens (tertiary/aromatic N) is 4. The van der Waals surface area contributed by atoms with Gasteiger partial charge in [0.1, 0.15) is 5.75 Å². The number of halogens is 1. The van der Waals surface area contributed by atoms with Gasteiger partial charge in [0.2, 0.25) is 5.16 Å². The van der Waals surface area contributed by atoms with E-state index in [-0.39, 0.29) is 17.0 Å². The molecular formula is C14H17BrN4OS. The van der Waals surface area contributed by atoms with Crippen LogP contribution < -0.4 is 4.74 Å². The Hall–Kier alpha value is -1.34. The minimum absolute atomic E-state index is 0. The molecule has 2 aromatic rings. The van der Waals surface area contributed by atoms with E-state index in [4.69, 9.17) is 4.74 Å². The molecule has 1 aliphatic heterocycles. The first-order chi connectivity index (χ1) is 9.81. The van der Waals surface area contributed by atoms with Crippen LogP contribution in [0.5, 0.6) is 5.75 Å². The largest absolute Gasteiger partial charge is 0.494 e. The highest BCUT2D eigenvalue weighted by molar-refractivity contribution is 8.93. The summed E-state index contributed by atoms with van der Waals surface area (Å²) in [6.45, 7) is 4.72. The molecule has 1 aliphatic rings. The summed E-state index contributed by atoms with van der Waals surface area (Å²) in [4.78, 5) is 0. The Kier molecular flexibility index (Phi) is 5.41. The second-order valence-electron chi connectivity index (χ2n) is 4.36. The first-order valence-corrected chi connectivity index (χ1v) is 7.68. The summed E-state index contributed by atoms with van der Waals surface area (Å²) in [5, 5.41) is 13.8. The molecule has 0 N–H and O–H groups in total. The average molecular weight is 369 g/mol. The summed E-state index contributed by atoms with van der Waals surface area (Å²) >= 11 is 1.67. The van der Waals surface area contributed by atoms with Gasteiger partial charge in [-0.2, -0.15) is 9.78 Å². The van der Waals surface area contributed by atoms with Gasteiger partial charge < -0.3 is 4.74 Å². The molecule has 0 radical (unpaired) electrons. The average Bonchev–Trinajstić information content (AvgIpc) is 2.90. The zero-order chi connectivity index (χ0) is 13.9. The maximum Gasteiger partial charge on any atom is 0.212 e. The maximum absolute atomic E-state index is 5.46. The fourth-order valence-corrected chi connectivity index (χ4v) is 2.90. The van der Waals surface area contributed by atoms with Gasteiger partial charge in [0.25, 0.3) is 0 Å². The van der Waals surface area contributed by atoms with Crippen LogP contribution in [0.25, 0.3) is 0 Å². The zero-order valence-electron chi connectivity index (χ0n) is 11.9. The van der Waals surface area contributed by atoms with E-state index in [0.717, 1.165) is 40.2 Å². The zero-order valence-corrected chi connectivity index (χ0v) is 14.5. The molecule has 0 saturated carbocycles. The predicted octanol–water partition coefficient (Wildman–Crippen LogP) is 3.18.